The van der Waals surface area contributed by atoms with Crippen molar-refractivity contribution >= 4 is 88.8 Å². The van der Waals surface area contributed by atoms with Gasteiger partial charge in [-0.05, 0) is 94.2 Å². The van der Waals surface area contributed by atoms with Crippen LogP contribution in [0.25, 0.3) is 22.3 Å². The molecule has 16 N–H and O–H groups in total. The van der Waals surface area contributed by atoms with Crippen molar-refractivity contribution in [1.82, 2.24) is 47.5 Å². The number of anilines is 2. The number of carbonyl (C=O) groups excluding carboxylic acids is 13. The number of carbonyl (C=O) groups is 13. The van der Waals surface area contributed by atoms with Crippen molar-refractivity contribution in [1.29, 1.82) is 0 Å². The summed E-state index contributed by atoms with van der Waals surface area (Å²) in [6.07, 6.45) is -3.80. The average molecular weight is 1520 g/mol. The summed E-state index contributed by atoms with van der Waals surface area (Å²) in [6.45, 7) is 8.51. The number of aromatic nitrogens is 1. The van der Waals surface area contributed by atoms with Gasteiger partial charge in [0, 0.05) is 49.7 Å². The van der Waals surface area contributed by atoms with Crippen LogP contribution < -0.4 is 75.1 Å². The van der Waals surface area contributed by atoms with E-state index in [4.69, 9.17) is 31.4 Å². The quantitative estimate of drug-likeness (QED) is 0.0246. The second-order valence-corrected chi connectivity index (χ2v) is 27.8. The Hall–Kier alpha value is -13.0. The molecule has 1 heterocycles. The SMILES string of the molecule is CC(C)[C@H](NC(=O)[C@H](C)NC(=O)OCC1c2ccccc2-c2ccccc21)C(=O)N[C@@H](CCC(N)=O)C(=O)N[C@@H](Cc1ccccc1)C(=O)Nc1cc(OCC(N)=O)cc(NC(=O)[C@H](Cc2ccccc2)NC(=O)[C@H](CCC(N)=O)NC(=O)[C@@H](NC(=O)[C@H](C)NC(=O)OCC2c3ccccc3-c3ccccc32)C(C)C)n1. The van der Waals surface area contributed by atoms with E-state index in [2.05, 4.69) is 58.2 Å². The molecule has 8 atom stereocenters. The minimum atomic E-state index is -1.57. The van der Waals surface area contributed by atoms with Gasteiger partial charge in [-0.3, -0.25) is 52.7 Å². The topological polar surface area (TPSA) is 461 Å². The van der Waals surface area contributed by atoms with E-state index in [1.807, 2.05) is 97.1 Å². The number of alkyl carbamates (subject to hydrolysis) is 2. The van der Waals surface area contributed by atoms with E-state index < -0.39 is 157 Å². The molecule has 111 heavy (non-hydrogen) atoms. The lowest BCUT2D eigenvalue weighted by molar-refractivity contribution is -0.134. The predicted molar refractivity (Wildman–Crippen MR) is 410 cm³/mol. The molecule has 0 saturated carbocycles. The van der Waals surface area contributed by atoms with Crippen molar-refractivity contribution in [2.45, 2.75) is 140 Å². The van der Waals surface area contributed by atoms with Crippen molar-refractivity contribution in [3.8, 4) is 28.0 Å². The maximum Gasteiger partial charge on any atom is 0.407 e. The second-order valence-electron chi connectivity index (χ2n) is 27.8. The normalized spacial score (nSPS) is 14.0. The number of pyridine rings is 1. The number of benzene rings is 6. The van der Waals surface area contributed by atoms with Gasteiger partial charge in [-0.1, -0.05) is 185 Å². The molecule has 2 aliphatic carbocycles. The molecule has 1 aromatic heterocycles. The Morgan fingerprint density at radius 2 is 0.694 bits per heavy atom. The molecule has 30 nitrogen and oxygen atoms in total. The number of nitrogens with one attached hydrogen (secondary N) is 10. The lowest BCUT2D eigenvalue weighted by Crippen LogP contribution is -2.59. The molecule has 0 radical (unpaired) electrons. The number of fused-ring (bicyclic) bond motifs is 6. The van der Waals surface area contributed by atoms with Crippen LogP contribution >= 0.6 is 0 Å². The van der Waals surface area contributed by atoms with E-state index in [1.54, 1.807) is 88.4 Å². The molecule has 0 unspecified atom stereocenters. The summed E-state index contributed by atoms with van der Waals surface area (Å²) in [7, 11) is 0. The Morgan fingerprint density at radius 1 is 0.369 bits per heavy atom. The molecule has 2 aliphatic rings. The zero-order valence-electron chi connectivity index (χ0n) is 62.2. The number of amides is 13. The van der Waals surface area contributed by atoms with Gasteiger partial charge in [0.05, 0.1) is 0 Å². The van der Waals surface area contributed by atoms with Gasteiger partial charge in [0.2, 0.25) is 59.1 Å². The van der Waals surface area contributed by atoms with Crippen LogP contribution in [0.5, 0.6) is 5.75 Å². The first kappa shape index (κ1) is 82.0. The van der Waals surface area contributed by atoms with Crippen LogP contribution in [0.15, 0.2) is 170 Å². The Kier molecular flexibility index (Phi) is 28.6. The smallest absolute Gasteiger partial charge is 0.407 e. The van der Waals surface area contributed by atoms with E-state index in [1.165, 1.54) is 26.0 Å². The zero-order chi connectivity index (χ0) is 80.0. The molecule has 13 amide bonds. The number of rotatable bonds is 37. The van der Waals surface area contributed by atoms with E-state index in [9.17, 15) is 62.3 Å². The highest BCUT2D eigenvalue weighted by molar-refractivity contribution is 6.02. The van der Waals surface area contributed by atoms with Crippen LogP contribution in [0.3, 0.4) is 0 Å². The van der Waals surface area contributed by atoms with Gasteiger partial charge in [-0.25, -0.2) is 14.6 Å². The summed E-state index contributed by atoms with van der Waals surface area (Å²) in [4.78, 5) is 182. The van der Waals surface area contributed by atoms with Gasteiger partial charge >= 0.3 is 12.2 Å². The maximum atomic E-state index is 14.8. The molecule has 0 bridgehead atoms. The Morgan fingerprint density at radius 3 is 1.02 bits per heavy atom. The molecule has 30 heteroatoms. The minimum absolute atomic E-state index is 0.0319. The lowest BCUT2D eigenvalue weighted by Gasteiger charge is -2.27. The monoisotopic (exact) mass is 1520 g/mol. The first-order valence-corrected chi connectivity index (χ1v) is 36.4. The third-order valence-electron chi connectivity index (χ3n) is 18.8. The molecule has 0 aliphatic heterocycles. The predicted octanol–water partition coefficient (Wildman–Crippen LogP) is 4.91. The third kappa shape index (κ3) is 22.8. The summed E-state index contributed by atoms with van der Waals surface area (Å²) >= 11 is 0. The summed E-state index contributed by atoms with van der Waals surface area (Å²) in [5, 5.41) is 26.0. The molecule has 6 aromatic carbocycles. The average Bonchev–Trinajstić information content (AvgIpc) is 1.62. The highest BCUT2D eigenvalue weighted by atomic mass is 16.6. The fraction of sp³-hybridized carbons (Fsp3) is 0.333. The number of hydrogen-bond acceptors (Lipinski definition) is 17. The Labute approximate surface area is 641 Å². The van der Waals surface area contributed by atoms with E-state index >= 15 is 0 Å². The first-order chi connectivity index (χ1) is 53.1. The van der Waals surface area contributed by atoms with Gasteiger partial charge in [0.1, 0.15) is 78.9 Å². The van der Waals surface area contributed by atoms with Crippen LogP contribution in [0.2, 0.25) is 0 Å². The van der Waals surface area contributed by atoms with Crippen LogP contribution in [0, 0.1) is 11.8 Å². The molecular formula is C81H92N14O16. The Bertz CT molecular complexity index is 4220. The highest BCUT2D eigenvalue weighted by Crippen LogP contribution is 2.46. The first-order valence-electron chi connectivity index (χ1n) is 36.4. The van der Waals surface area contributed by atoms with Crippen molar-refractivity contribution in [3.05, 3.63) is 203 Å². The number of hydrogen-bond donors (Lipinski definition) is 13. The molecule has 582 valence electrons. The second kappa shape index (κ2) is 38.7. The summed E-state index contributed by atoms with van der Waals surface area (Å²) in [5.74, 6) is -12.4. The fourth-order valence-electron chi connectivity index (χ4n) is 13.0. The van der Waals surface area contributed by atoms with E-state index in [0.29, 0.717) is 11.1 Å². The zero-order valence-corrected chi connectivity index (χ0v) is 62.2. The summed E-state index contributed by atoms with van der Waals surface area (Å²) in [6, 6.07) is 39.0. The minimum Gasteiger partial charge on any atom is -0.484 e. The van der Waals surface area contributed by atoms with E-state index in [0.717, 1.165) is 44.5 Å². The summed E-state index contributed by atoms with van der Waals surface area (Å²) < 4.78 is 16.9. The molecular weight excluding hydrogens is 1420 g/mol. The van der Waals surface area contributed by atoms with E-state index in [-0.39, 0.29) is 68.1 Å². The standard InChI is InChI=1S/C81H92N14O16/c1-44(2)70(94-72(99)46(5)85-80(107)110-41-59-55-29-17-13-25-51(55)52-26-14-18-30-56(52)59)78(105)87-61(33-35-65(82)96)74(101)89-63(37-48-21-9-7-10-22-48)76(103)92-68-39-50(109-43-67(84)98)40-69(91-68)93-77(104)64(38-49-23-11-8-12-24-49)90-75(102)62(34-36-66(83)97)88-79(106)71(45(3)4)95-73(100)47(6)86-81(108)111-42-60-57-31-19-15-27-53(57)54-28-16-20-32-58(54)60/h7-32,39-40,44-47,59-64,70-71H,33-38,41-43H2,1-6H3,(H2,82,96)(H2,83,97)(H2,84,98)(H,85,107)(H,86,108)(H,87,105)(H,88,106)(H,89,101)(H,90,102)(H,94,99)(H,95,100)(H2,91,92,93,103,104)/t46-,47-,61-,62-,63-,64-,70-,71-/m0/s1. The third-order valence-corrected chi connectivity index (χ3v) is 18.8. The van der Waals surface area contributed by atoms with Crippen LogP contribution in [0.1, 0.15) is 112 Å². The number of ether oxygens (including phenoxy) is 3. The van der Waals surface area contributed by atoms with Crippen molar-refractivity contribution in [2.24, 2.45) is 29.0 Å². The van der Waals surface area contributed by atoms with Crippen LogP contribution in [0.4, 0.5) is 21.2 Å². The fourth-order valence-corrected chi connectivity index (χ4v) is 13.0. The van der Waals surface area contributed by atoms with Crippen LogP contribution in [-0.2, 0) is 75.1 Å². The highest BCUT2D eigenvalue weighted by Gasteiger charge is 2.37. The molecule has 0 fully saturated rings. The molecule has 0 saturated heterocycles. The van der Waals surface area contributed by atoms with Crippen molar-refractivity contribution in [2.75, 3.05) is 30.5 Å². The van der Waals surface area contributed by atoms with Crippen LogP contribution in [-0.4, -0.2) is 150 Å². The van der Waals surface area contributed by atoms with Gasteiger partial charge < -0.3 is 84.6 Å². The van der Waals surface area contributed by atoms with Gasteiger partial charge in [0.15, 0.2) is 6.61 Å². The number of nitrogens with zero attached hydrogens (tertiary/aromatic N) is 1. The van der Waals surface area contributed by atoms with Crippen molar-refractivity contribution in [3.63, 3.8) is 0 Å². The molecule has 9 rings (SSSR count). The lowest BCUT2D eigenvalue weighted by atomic mass is 9.98. The molecule has 7 aromatic rings. The van der Waals surface area contributed by atoms with Crippen molar-refractivity contribution < 1.29 is 76.5 Å². The van der Waals surface area contributed by atoms with Gasteiger partial charge in [-0.15, -0.1) is 0 Å². The van der Waals surface area contributed by atoms with Gasteiger partial charge in [-0.2, -0.15) is 0 Å². The number of primary amides is 3. The summed E-state index contributed by atoms with van der Waals surface area (Å²) in [5.41, 5.74) is 25.6. The van der Waals surface area contributed by atoms with Gasteiger partial charge in [0.25, 0.3) is 5.91 Å². The maximum absolute atomic E-state index is 14.8. The molecule has 0 spiro atoms. The Balaban J connectivity index is 0.868. The number of nitrogens with two attached hydrogens (primary N) is 3. The largest absolute Gasteiger partial charge is 0.484 e.